The van der Waals surface area contributed by atoms with E-state index in [1.54, 1.807) is 0 Å². The number of nitrogens with one attached hydrogen (secondary N) is 1. The minimum atomic E-state index is 0.407. The highest BCUT2D eigenvalue weighted by molar-refractivity contribution is 5.80. The first-order chi connectivity index (χ1) is 12.2. The molecule has 2 unspecified atom stereocenters. The predicted octanol–water partition coefficient (Wildman–Crippen LogP) is 2.41. The largest absolute Gasteiger partial charge is 0.352 e. The second-order valence-electron chi connectivity index (χ2n) is 6.50. The van der Waals surface area contributed by atoms with E-state index in [9.17, 15) is 0 Å². The molecule has 130 valence electrons. The summed E-state index contributed by atoms with van der Waals surface area (Å²) in [7, 11) is 1.82. The first-order valence-corrected chi connectivity index (χ1v) is 8.63. The van der Waals surface area contributed by atoms with E-state index in [0.29, 0.717) is 24.1 Å². The van der Waals surface area contributed by atoms with Gasteiger partial charge in [-0.3, -0.25) is 4.99 Å². The van der Waals surface area contributed by atoms with E-state index < -0.39 is 0 Å². The molecule has 2 atom stereocenters. The summed E-state index contributed by atoms with van der Waals surface area (Å²) < 4.78 is 2.20. The summed E-state index contributed by atoms with van der Waals surface area (Å²) in [6, 6.07) is 10.2. The number of guanidine groups is 1. The Labute approximate surface area is 148 Å². The lowest BCUT2D eigenvalue weighted by Gasteiger charge is -2.39. The van der Waals surface area contributed by atoms with Gasteiger partial charge in [0.15, 0.2) is 5.96 Å². The Morgan fingerprint density at radius 1 is 1.40 bits per heavy atom. The third-order valence-electron chi connectivity index (χ3n) is 4.87. The molecule has 25 heavy (non-hydrogen) atoms. The zero-order valence-corrected chi connectivity index (χ0v) is 14.8. The van der Waals surface area contributed by atoms with E-state index in [1.807, 2.05) is 50.0 Å². The minimum absolute atomic E-state index is 0.407. The summed E-state index contributed by atoms with van der Waals surface area (Å²) in [6.45, 7) is 4.92. The van der Waals surface area contributed by atoms with Crippen LogP contribution in [0.2, 0.25) is 0 Å². The van der Waals surface area contributed by atoms with Gasteiger partial charge in [-0.2, -0.15) is 5.26 Å². The molecule has 0 aliphatic carbocycles. The quantitative estimate of drug-likeness (QED) is 0.690. The number of hydrogen-bond acceptors (Lipinski definition) is 3. The summed E-state index contributed by atoms with van der Waals surface area (Å²) in [6.07, 6.45) is 6.90. The van der Waals surface area contributed by atoms with E-state index in [-0.39, 0.29) is 0 Å². The van der Waals surface area contributed by atoms with Crippen molar-refractivity contribution in [1.82, 2.24) is 19.8 Å². The van der Waals surface area contributed by atoms with Gasteiger partial charge in [0.05, 0.1) is 24.0 Å². The van der Waals surface area contributed by atoms with Crippen molar-refractivity contribution in [2.24, 2.45) is 10.9 Å². The van der Waals surface area contributed by atoms with Crippen molar-refractivity contribution >= 4 is 5.96 Å². The zero-order chi connectivity index (χ0) is 17.6. The maximum atomic E-state index is 8.88. The number of aromatic nitrogens is 2. The lowest BCUT2D eigenvalue weighted by atomic mass is 9.93. The van der Waals surface area contributed by atoms with Gasteiger partial charge in [0.1, 0.15) is 0 Å². The summed E-state index contributed by atoms with van der Waals surface area (Å²) in [5.74, 6) is 1.53. The molecular weight excluding hydrogens is 312 g/mol. The minimum Gasteiger partial charge on any atom is -0.352 e. The van der Waals surface area contributed by atoms with Gasteiger partial charge in [0.25, 0.3) is 0 Å². The smallest absolute Gasteiger partial charge is 0.193 e. The molecule has 0 saturated carbocycles. The number of imidazole rings is 1. The second-order valence-corrected chi connectivity index (χ2v) is 6.50. The van der Waals surface area contributed by atoms with E-state index >= 15 is 0 Å². The molecule has 1 N–H and O–H groups in total. The van der Waals surface area contributed by atoms with Crippen molar-refractivity contribution in [3.8, 4) is 6.07 Å². The van der Waals surface area contributed by atoms with Crippen molar-refractivity contribution in [2.75, 3.05) is 20.1 Å². The molecule has 0 bridgehead atoms. The molecule has 3 rings (SSSR count). The van der Waals surface area contributed by atoms with Gasteiger partial charge >= 0.3 is 0 Å². The van der Waals surface area contributed by atoms with E-state index in [4.69, 9.17) is 5.26 Å². The van der Waals surface area contributed by atoms with Crippen molar-refractivity contribution in [2.45, 2.75) is 25.9 Å². The summed E-state index contributed by atoms with van der Waals surface area (Å²) >= 11 is 0. The van der Waals surface area contributed by atoms with Crippen LogP contribution in [-0.2, 0) is 6.54 Å². The molecular formula is C19H24N6. The Balaban J connectivity index is 1.63. The Morgan fingerprint density at radius 3 is 2.84 bits per heavy atom. The summed E-state index contributed by atoms with van der Waals surface area (Å²) in [4.78, 5) is 11.0. The molecule has 0 radical (unpaired) electrons. The molecule has 2 aromatic rings. The molecule has 2 heterocycles. The van der Waals surface area contributed by atoms with Crippen LogP contribution >= 0.6 is 0 Å². The number of piperidine rings is 1. The molecule has 1 fully saturated rings. The van der Waals surface area contributed by atoms with Crippen LogP contribution in [0.4, 0.5) is 0 Å². The third kappa shape index (κ3) is 4.00. The molecule has 1 aliphatic rings. The number of benzene rings is 1. The topological polar surface area (TPSA) is 69.2 Å². The van der Waals surface area contributed by atoms with Gasteiger partial charge < -0.3 is 14.8 Å². The monoisotopic (exact) mass is 336 g/mol. The number of rotatable bonds is 3. The van der Waals surface area contributed by atoms with Gasteiger partial charge in [-0.25, -0.2) is 4.98 Å². The van der Waals surface area contributed by atoms with Crippen LogP contribution in [0, 0.1) is 17.2 Å². The average Bonchev–Trinajstić information content (AvgIpc) is 3.18. The Bertz CT molecular complexity index is 741. The van der Waals surface area contributed by atoms with Gasteiger partial charge in [0.2, 0.25) is 0 Å². The van der Waals surface area contributed by atoms with Crippen molar-refractivity contribution in [1.29, 1.82) is 5.26 Å². The Morgan fingerprint density at radius 2 is 2.20 bits per heavy atom. The number of aliphatic imine (C=N–C) groups is 1. The number of nitrogens with zero attached hydrogens (tertiary/aromatic N) is 5. The fourth-order valence-corrected chi connectivity index (χ4v) is 3.31. The molecule has 1 aromatic carbocycles. The van der Waals surface area contributed by atoms with Crippen LogP contribution in [0.1, 0.15) is 30.5 Å². The van der Waals surface area contributed by atoms with Crippen LogP contribution in [-0.4, -0.2) is 40.5 Å². The first kappa shape index (κ1) is 17.0. The predicted molar refractivity (Wildman–Crippen MR) is 98.0 cm³/mol. The van der Waals surface area contributed by atoms with Crippen LogP contribution in [0.3, 0.4) is 0 Å². The molecule has 1 aliphatic heterocycles. The summed E-state index contributed by atoms with van der Waals surface area (Å²) in [5.41, 5.74) is 1.82. The van der Waals surface area contributed by atoms with Crippen molar-refractivity contribution in [3.63, 3.8) is 0 Å². The number of hydrogen-bond donors (Lipinski definition) is 1. The van der Waals surface area contributed by atoms with Gasteiger partial charge in [-0.05, 0) is 30.0 Å². The maximum Gasteiger partial charge on any atom is 0.193 e. The molecule has 6 nitrogen and oxygen atoms in total. The number of nitriles is 1. The maximum absolute atomic E-state index is 8.88. The van der Waals surface area contributed by atoms with E-state index in [0.717, 1.165) is 31.0 Å². The van der Waals surface area contributed by atoms with Gasteiger partial charge in [0, 0.05) is 39.1 Å². The van der Waals surface area contributed by atoms with Crippen LogP contribution < -0.4 is 5.32 Å². The van der Waals surface area contributed by atoms with Crippen molar-refractivity contribution < 1.29 is 0 Å². The third-order valence-corrected chi connectivity index (χ3v) is 4.87. The highest BCUT2D eigenvalue weighted by Gasteiger charge is 2.28. The van der Waals surface area contributed by atoms with E-state index in [1.165, 1.54) is 0 Å². The molecule has 0 spiro atoms. The molecule has 6 heteroatoms. The van der Waals surface area contributed by atoms with Gasteiger partial charge in [-0.15, -0.1) is 0 Å². The van der Waals surface area contributed by atoms with Crippen LogP contribution in [0.25, 0.3) is 0 Å². The van der Waals surface area contributed by atoms with Crippen molar-refractivity contribution in [3.05, 3.63) is 54.1 Å². The highest BCUT2D eigenvalue weighted by atomic mass is 15.3. The lowest BCUT2D eigenvalue weighted by molar-refractivity contribution is 0.189. The molecule has 1 saturated heterocycles. The first-order valence-electron chi connectivity index (χ1n) is 8.63. The van der Waals surface area contributed by atoms with E-state index in [2.05, 4.69) is 37.8 Å². The summed E-state index contributed by atoms with van der Waals surface area (Å²) in [5, 5.41) is 12.3. The molecule has 0 amide bonds. The Hall–Kier alpha value is -2.81. The Kier molecular flexibility index (Phi) is 5.34. The fraction of sp³-hybridized carbons (Fsp3) is 0.421. The lowest BCUT2D eigenvalue weighted by Crippen LogP contribution is -2.48. The van der Waals surface area contributed by atoms with Crippen LogP contribution in [0.5, 0.6) is 0 Å². The second kappa shape index (κ2) is 7.84. The average molecular weight is 336 g/mol. The number of likely N-dealkylation sites (tertiary alicyclic amines) is 1. The highest BCUT2D eigenvalue weighted by Crippen LogP contribution is 2.27. The van der Waals surface area contributed by atoms with Gasteiger partial charge in [-0.1, -0.05) is 19.1 Å². The zero-order valence-electron chi connectivity index (χ0n) is 14.8. The standard InChI is InChI=1S/C19H24N6/c1-15-7-9-24(13-18(15)25-10-8-22-14-25)19(21-2)23-12-17-5-3-16(11-20)4-6-17/h3-6,8,10,14-15,18H,7,9,12-13H2,1-2H3,(H,21,23). The molecule has 1 aromatic heterocycles. The van der Waals surface area contributed by atoms with Crippen LogP contribution in [0.15, 0.2) is 48.0 Å². The fourth-order valence-electron chi connectivity index (χ4n) is 3.31. The normalized spacial score (nSPS) is 21.0. The SMILES string of the molecule is CN=C(NCc1ccc(C#N)cc1)N1CCC(C)C(n2ccnc2)C1.